The Kier molecular flexibility index (Phi) is 9.29. The van der Waals surface area contributed by atoms with Gasteiger partial charge in [-0.15, -0.1) is 0 Å². The Morgan fingerprint density at radius 3 is 2.73 bits per heavy atom. The summed E-state index contributed by atoms with van der Waals surface area (Å²) < 4.78 is 16.9. The molecule has 2 amide bonds. The van der Waals surface area contributed by atoms with E-state index in [9.17, 15) is 9.59 Å². The van der Waals surface area contributed by atoms with E-state index in [-0.39, 0.29) is 35.9 Å². The van der Waals surface area contributed by atoms with Crippen LogP contribution in [0.25, 0.3) is 0 Å². The first kappa shape index (κ1) is 27.7. The first-order valence-electron chi connectivity index (χ1n) is 11.4. The number of fused-ring (bicyclic) bond motifs is 1. The van der Waals surface area contributed by atoms with Gasteiger partial charge in [-0.25, -0.2) is 4.98 Å². The Hall–Kier alpha value is -3.86. The summed E-state index contributed by atoms with van der Waals surface area (Å²) in [4.78, 5) is 30.2. The van der Waals surface area contributed by atoms with Crippen LogP contribution in [-0.4, -0.2) is 50.3 Å². The molecule has 2 heterocycles. The van der Waals surface area contributed by atoms with E-state index >= 15 is 0 Å². The molecule has 0 bridgehead atoms. The molecule has 37 heavy (non-hydrogen) atoms. The molecule has 6 N–H and O–H groups in total. The highest BCUT2D eigenvalue weighted by atomic mass is 35.5. The fourth-order valence-electron chi connectivity index (χ4n) is 3.59. The van der Waals surface area contributed by atoms with Crippen molar-refractivity contribution in [1.82, 2.24) is 10.3 Å². The lowest BCUT2D eigenvalue weighted by atomic mass is 9.83. The number of allylic oxidation sites excluding steroid dienone is 3. The third-order valence-corrected chi connectivity index (χ3v) is 5.87. The summed E-state index contributed by atoms with van der Waals surface area (Å²) in [7, 11) is 1.58. The summed E-state index contributed by atoms with van der Waals surface area (Å²) in [6.07, 6.45) is 5.87. The summed E-state index contributed by atoms with van der Waals surface area (Å²) in [5.74, 6) is -0.0402. The van der Waals surface area contributed by atoms with Gasteiger partial charge in [0.25, 0.3) is 11.8 Å². The molecule has 2 aromatic rings. The molecule has 196 valence electrons. The Morgan fingerprint density at radius 2 is 2.08 bits per heavy atom. The van der Waals surface area contributed by atoms with Gasteiger partial charge in [-0.2, -0.15) is 0 Å². The summed E-state index contributed by atoms with van der Waals surface area (Å²) >= 11 is 5.84. The van der Waals surface area contributed by atoms with Crippen molar-refractivity contribution in [2.24, 2.45) is 11.5 Å². The van der Waals surface area contributed by atoms with Gasteiger partial charge in [-0.1, -0.05) is 37.3 Å². The van der Waals surface area contributed by atoms with E-state index in [0.717, 1.165) is 0 Å². The molecule has 0 saturated carbocycles. The van der Waals surface area contributed by atoms with Gasteiger partial charge in [-0.05, 0) is 30.3 Å². The second-order valence-corrected chi connectivity index (χ2v) is 8.84. The average Bonchev–Trinajstić information content (AvgIpc) is 3.25. The first-order valence-corrected chi connectivity index (χ1v) is 11.8. The molecule has 1 aliphatic rings. The molecule has 0 fully saturated rings. The van der Waals surface area contributed by atoms with E-state index in [1.165, 1.54) is 30.5 Å². The number of anilines is 1. The molecule has 1 aromatic heterocycles. The Bertz CT molecular complexity index is 1230. The number of aromatic nitrogens is 1. The van der Waals surface area contributed by atoms with Crippen LogP contribution >= 0.6 is 11.6 Å². The second kappa shape index (κ2) is 12.4. The number of benzene rings is 1. The predicted octanol–water partition coefficient (Wildman–Crippen LogP) is 2.65. The van der Waals surface area contributed by atoms with Crippen molar-refractivity contribution in [2.45, 2.75) is 12.3 Å². The molecule has 3 rings (SSSR count). The number of halogens is 1. The molecule has 1 aromatic carbocycles. The minimum atomic E-state index is -0.669. The topological polar surface area (TPSA) is 151 Å². The highest BCUT2D eigenvalue weighted by Gasteiger charge is 2.41. The van der Waals surface area contributed by atoms with Gasteiger partial charge in [0.15, 0.2) is 0 Å². The van der Waals surface area contributed by atoms with Crippen molar-refractivity contribution in [1.29, 1.82) is 0 Å². The molecule has 0 spiro atoms. The minimum Gasteiger partial charge on any atom is -0.491 e. The molecule has 0 saturated heterocycles. The first-order chi connectivity index (χ1) is 17.7. The van der Waals surface area contributed by atoms with E-state index in [1.54, 1.807) is 25.3 Å². The largest absolute Gasteiger partial charge is 0.491 e. The van der Waals surface area contributed by atoms with Crippen LogP contribution in [0.3, 0.4) is 0 Å². The lowest BCUT2D eigenvalue weighted by Gasteiger charge is -2.23. The van der Waals surface area contributed by atoms with Crippen LogP contribution in [0.15, 0.2) is 66.7 Å². The number of carbonyl (C=O) groups is 2. The summed E-state index contributed by atoms with van der Waals surface area (Å²) in [5.41, 5.74) is 12.4. The number of rotatable bonds is 11. The van der Waals surface area contributed by atoms with Gasteiger partial charge < -0.3 is 36.3 Å². The maximum Gasteiger partial charge on any atom is 0.274 e. The van der Waals surface area contributed by atoms with Gasteiger partial charge >= 0.3 is 0 Å². The molecule has 0 aliphatic carbocycles. The number of pyridine rings is 1. The fraction of sp³-hybridized carbons (Fsp3) is 0.269. The molecule has 1 aliphatic heterocycles. The number of nitrogens with two attached hydrogens (primary N) is 2. The molecule has 10 nitrogen and oxygen atoms in total. The van der Waals surface area contributed by atoms with Crippen molar-refractivity contribution >= 4 is 29.2 Å². The molecular formula is C26H30ClN5O5. The number of amides is 2. The quantitative estimate of drug-likeness (QED) is 0.198. The van der Waals surface area contributed by atoms with Crippen molar-refractivity contribution in [2.75, 3.05) is 38.8 Å². The average molecular weight is 528 g/mol. The number of carbonyl (C=O) groups excluding carboxylic acids is 2. The SMILES string of the molecule is C=C/C=C\C(NC(=O)c1ccc(OCCOC)c2c1OCC2(C)CN)=C(/N)C(=O)Nc1ccc(Cl)cn1. The lowest BCUT2D eigenvalue weighted by Crippen LogP contribution is -2.33. The van der Waals surface area contributed by atoms with Crippen molar-refractivity contribution in [3.8, 4) is 11.5 Å². The Balaban J connectivity index is 1.93. The molecule has 1 atom stereocenters. The van der Waals surface area contributed by atoms with E-state index < -0.39 is 17.2 Å². The van der Waals surface area contributed by atoms with Crippen molar-refractivity contribution in [3.63, 3.8) is 0 Å². The maximum absolute atomic E-state index is 13.4. The van der Waals surface area contributed by atoms with Crippen molar-refractivity contribution < 1.29 is 23.8 Å². The van der Waals surface area contributed by atoms with E-state index in [2.05, 4.69) is 22.2 Å². The van der Waals surface area contributed by atoms with Crippen LogP contribution in [0.2, 0.25) is 5.02 Å². The van der Waals surface area contributed by atoms with Gasteiger partial charge in [-0.3, -0.25) is 9.59 Å². The van der Waals surface area contributed by atoms with Crippen molar-refractivity contribution in [3.05, 3.63) is 82.8 Å². The highest BCUT2D eigenvalue weighted by molar-refractivity contribution is 6.30. The Morgan fingerprint density at radius 1 is 1.30 bits per heavy atom. The number of hydrogen-bond acceptors (Lipinski definition) is 8. The van der Waals surface area contributed by atoms with Gasteiger partial charge in [0.1, 0.15) is 29.6 Å². The van der Waals surface area contributed by atoms with Crippen LogP contribution in [0.5, 0.6) is 11.5 Å². The predicted molar refractivity (Wildman–Crippen MR) is 142 cm³/mol. The molecule has 1 unspecified atom stereocenters. The number of nitrogens with one attached hydrogen (secondary N) is 2. The van der Waals surface area contributed by atoms with Crippen LogP contribution in [0.1, 0.15) is 22.8 Å². The lowest BCUT2D eigenvalue weighted by molar-refractivity contribution is -0.113. The zero-order valence-electron chi connectivity index (χ0n) is 20.7. The molecule has 11 heteroatoms. The summed E-state index contributed by atoms with van der Waals surface area (Å²) in [6.45, 7) is 6.84. The van der Waals surface area contributed by atoms with Crippen LogP contribution < -0.4 is 31.6 Å². The number of nitrogens with zero attached hydrogens (tertiary/aromatic N) is 1. The van der Waals surface area contributed by atoms with E-state index in [1.807, 2.05) is 6.92 Å². The number of methoxy groups -OCH3 is 1. The summed E-state index contributed by atoms with van der Waals surface area (Å²) in [5, 5.41) is 5.68. The van der Waals surface area contributed by atoms with Gasteiger partial charge in [0.05, 0.1) is 29.5 Å². The third-order valence-electron chi connectivity index (χ3n) is 5.65. The minimum absolute atomic E-state index is 0.0603. The highest BCUT2D eigenvalue weighted by Crippen LogP contribution is 2.46. The second-order valence-electron chi connectivity index (χ2n) is 8.40. The van der Waals surface area contributed by atoms with Gasteiger partial charge in [0, 0.05) is 30.8 Å². The number of ether oxygens (including phenoxy) is 3. The molecule has 0 radical (unpaired) electrons. The zero-order valence-corrected chi connectivity index (χ0v) is 21.4. The van der Waals surface area contributed by atoms with Crippen LogP contribution in [-0.2, 0) is 14.9 Å². The monoisotopic (exact) mass is 527 g/mol. The summed E-state index contributed by atoms with van der Waals surface area (Å²) in [6, 6.07) is 6.37. The fourth-order valence-corrected chi connectivity index (χ4v) is 3.70. The Labute approximate surface area is 220 Å². The maximum atomic E-state index is 13.4. The number of hydrogen-bond donors (Lipinski definition) is 4. The smallest absolute Gasteiger partial charge is 0.274 e. The van der Waals surface area contributed by atoms with E-state index in [0.29, 0.717) is 35.3 Å². The standard InChI is InChI=1S/C26H30ClN5O5/c1-4-5-6-18(22(29)25(34)32-20-10-7-16(27)13-30-20)31-24(33)17-8-9-19(36-12-11-35-3)21-23(17)37-15-26(21,2)14-28/h4-10,13H,1,11-12,14-15,28-29H2,2-3H3,(H,31,33)(H,30,32,34)/b6-5-,22-18+. The van der Waals surface area contributed by atoms with Crippen LogP contribution in [0.4, 0.5) is 5.82 Å². The van der Waals surface area contributed by atoms with Crippen LogP contribution in [0, 0.1) is 0 Å². The zero-order chi connectivity index (χ0) is 27.0. The van der Waals surface area contributed by atoms with E-state index in [4.69, 9.17) is 37.3 Å². The third kappa shape index (κ3) is 6.48. The normalized spacial score (nSPS) is 17.0. The van der Waals surface area contributed by atoms with Gasteiger partial charge in [0.2, 0.25) is 0 Å². The molecular weight excluding hydrogens is 498 g/mol.